The first-order valence-corrected chi connectivity index (χ1v) is 9.55. The Kier molecular flexibility index (Phi) is 4.85. The molecule has 1 amide bonds. The summed E-state index contributed by atoms with van der Waals surface area (Å²) in [6.07, 6.45) is 6.67. The van der Waals surface area contributed by atoms with Crippen LogP contribution in [0.5, 0.6) is 0 Å². The van der Waals surface area contributed by atoms with Crippen molar-refractivity contribution >= 4 is 11.7 Å². The van der Waals surface area contributed by atoms with E-state index < -0.39 is 0 Å². The highest BCUT2D eigenvalue weighted by Crippen LogP contribution is 2.27. The van der Waals surface area contributed by atoms with E-state index in [0.717, 1.165) is 25.7 Å². The zero-order valence-corrected chi connectivity index (χ0v) is 16.0. The molecule has 1 aliphatic rings. The van der Waals surface area contributed by atoms with E-state index >= 15 is 0 Å². The number of carbonyl (C=O) groups is 1. The first-order chi connectivity index (χ1) is 13.5. The summed E-state index contributed by atoms with van der Waals surface area (Å²) >= 11 is 0. The molecule has 3 heterocycles. The van der Waals surface area contributed by atoms with Crippen LogP contribution in [0.1, 0.15) is 43.4 Å². The monoisotopic (exact) mass is 381 g/mol. The van der Waals surface area contributed by atoms with Crippen LogP contribution in [0, 0.1) is 19.8 Å². The molecule has 3 aromatic heterocycles. The second kappa shape index (κ2) is 7.46. The summed E-state index contributed by atoms with van der Waals surface area (Å²) in [6.45, 7) is 3.49. The maximum atomic E-state index is 12.8. The minimum absolute atomic E-state index is 0.00377. The molecule has 0 spiro atoms. The van der Waals surface area contributed by atoms with Crippen molar-refractivity contribution in [3.8, 4) is 17.4 Å². The highest BCUT2D eigenvalue weighted by molar-refractivity contribution is 5.92. The number of amides is 1. The minimum atomic E-state index is -0.234. The van der Waals surface area contributed by atoms with E-state index in [0.29, 0.717) is 28.5 Å². The van der Waals surface area contributed by atoms with Crippen LogP contribution in [0.25, 0.3) is 17.4 Å². The molecular weight excluding hydrogens is 358 g/mol. The first-order valence-electron chi connectivity index (χ1n) is 9.55. The average Bonchev–Trinajstić information content (AvgIpc) is 3.36. The number of hydrogen-bond acceptors (Lipinski definition) is 5. The van der Waals surface area contributed by atoms with Crippen molar-refractivity contribution in [2.75, 3.05) is 5.32 Å². The van der Waals surface area contributed by atoms with Gasteiger partial charge in [0.05, 0.1) is 6.26 Å². The van der Waals surface area contributed by atoms with E-state index in [1.165, 1.54) is 11.1 Å². The summed E-state index contributed by atoms with van der Waals surface area (Å²) in [4.78, 5) is 32.2. The number of nitrogens with zero attached hydrogens (tertiary/aromatic N) is 3. The zero-order valence-electron chi connectivity index (χ0n) is 16.0. The fourth-order valence-corrected chi connectivity index (χ4v) is 3.50. The van der Waals surface area contributed by atoms with Gasteiger partial charge in [0, 0.05) is 23.2 Å². The fraction of sp³-hybridized carbons (Fsp3) is 0.400. The van der Waals surface area contributed by atoms with Crippen LogP contribution in [0.2, 0.25) is 0 Å². The number of H-pyrrole nitrogens is 1. The lowest BCUT2D eigenvalue weighted by Crippen LogP contribution is -2.26. The lowest BCUT2D eigenvalue weighted by molar-refractivity contribution is -0.120. The number of rotatable bonds is 4. The van der Waals surface area contributed by atoms with Gasteiger partial charge in [-0.25, -0.2) is 4.98 Å². The van der Waals surface area contributed by atoms with Gasteiger partial charge in [0.2, 0.25) is 11.9 Å². The number of aromatic amines is 1. The number of hydrogen-bond donors (Lipinski definition) is 2. The molecule has 0 bridgehead atoms. The number of nitrogens with one attached hydrogen (secondary N) is 2. The van der Waals surface area contributed by atoms with Crippen LogP contribution in [0.3, 0.4) is 0 Å². The first kappa shape index (κ1) is 18.2. The van der Waals surface area contributed by atoms with Crippen molar-refractivity contribution in [3.63, 3.8) is 0 Å². The van der Waals surface area contributed by atoms with E-state index in [1.807, 2.05) is 0 Å². The van der Waals surface area contributed by atoms with Crippen molar-refractivity contribution < 1.29 is 9.21 Å². The molecule has 0 unspecified atom stereocenters. The Balaban J connectivity index is 1.74. The van der Waals surface area contributed by atoms with Gasteiger partial charge in [-0.2, -0.15) is 9.78 Å². The summed E-state index contributed by atoms with van der Waals surface area (Å²) in [6, 6.07) is 5.29. The van der Waals surface area contributed by atoms with E-state index in [-0.39, 0.29) is 23.3 Å². The SMILES string of the molecule is Cc1nc(-n2nc(-c3ccco3)cc2NC(=O)C2CCCCC2)[nH]c(=O)c1C. The predicted octanol–water partition coefficient (Wildman–Crippen LogP) is 3.35. The summed E-state index contributed by atoms with van der Waals surface area (Å²) in [7, 11) is 0. The van der Waals surface area contributed by atoms with Gasteiger partial charge in [0.15, 0.2) is 5.76 Å². The molecule has 0 atom stereocenters. The summed E-state index contributed by atoms with van der Waals surface area (Å²) in [5.74, 6) is 1.24. The van der Waals surface area contributed by atoms with Crippen LogP contribution in [0.15, 0.2) is 33.7 Å². The van der Waals surface area contributed by atoms with Crippen molar-refractivity contribution in [2.24, 2.45) is 5.92 Å². The molecule has 3 aromatic rings. The number of anilines is 1. The number of aromatic nitrogens is 4. The third-order valence-electron chi connectivity index (χ3n) is 5.29. The van der Waals surface area contributed by atoms with E-state index in [4.69, 9.17) is 4.42 Å². The maximum Gasteiger partial charge on any atom is 0.255 e. The molecule has 1 saturated carbocycles. The van der Waals surface area contributed by atoms with Crippen molar-refractivity contribution in [2.45, 2.75) is 46.0 Å². The van der Waals surface area contributed by atoms with E-state index in [2.05, 4.69) is 20.4 Å². The zero-order chi connectivity index (χ0) is 19.7. The predicted molar refractivity (Wildman–Crippen MR) is 104 cm³/mol. The summed E-state index contributed by atoms with van der Waals surface area (Å²) in [5, 5.41) is 7.48. The van der Waals surface area contributed by atoms with Crippen molar-refractivity contribution in [1.29, 1.82) is 0 Å². The lowest BCUT2D eigenvalue weighted by Gasteiger charge is -2.20. The smallest absolute Gasteiger partial charge is 0.255 e. The Labute approximate surface area is 162 Å². The van der Waals surface area contributed by atoms with Crippen molar-refractivity contribution in [3.05, 3.63) is 46.1 Å². The average molecular weight is 381 g/mol. The molecule has 28 heavy (non-hydrogen) atoms. The number of aryl methyl sites for hydroxylation is 1. The molecule has 8 nitrogen and oxygen atoms in total. The van der Waals surface area contributed by atoms with Gasteiger partial charge in [-0.3, -0.25) is 14.6 Å². The molecule has 8 heteroatoms. The van der Waals surface area contributed by atoms with Gasteiger partial charge < -0.3 is 9.73 Å². The van der Waals surface area contributed by atoms with Gasteiger partial charge in [-0.15, -0.1) is 0 Å². The van der Waals surface area contributed by atoms with Crippen LogP contribution >= 0.6 is 0 Å². The molecule has 146 valence electrons. The van der Waals surface area contributed by atoms with Gasteiger partial charge in [-0.1, -0.05) is 19.3 Å². The Morgan fingerprint density at radius 3 is 2.75 bits per heavy atom. The van der Waals surface area contributed by atoms with Crippen LogP contribution in [0.4, 0.5) is 5.82 Å². The third-order valence-corrected chi connectivity index (χ3v) is 5.29. The Morgan fingerprint density at radius 2 is 2.07 bits per heavy atom. The third kappa shape index (κ3) is 3.49. The Hall–Kier alpha value is -3.16. The summed E-state index contributed by atoms with van der Waals surface area (Å²) < 4.78 is 6.88. The molecule has 4 rings (SSSR count). The van der Waals surface area contributed by atoms with Crippen LogP contribution in [-0.4, -0.2) is 25.7 Å². The number of furan rings is 1. The highest BCUT2D eigenvalue weighted by Gasteiger charge is 2.24. The van der Waals surface area contributed by atoms with Crippen molar-refractivity contribution in [1.82, 2.24) is 19.7 Å². The lowest BCUT2D eigenvalue weighted by atomic mass is 9.89. The molecular formula is C20H23N5O3. The standard InChI is InChI=1S/C20H23N5O3/c1-12-13(2)21-20(23-18(12)26)25-17(11-15(24-25)16-9-6-10-28-16)22-19(27)14-7-4-3-5-8-14/h6,9-11,14H,3-5,7-8H2,1-2H3,(H,22,27)(H,21,23,26). The topological polar surface area (TPSA) is 106 Å². The second-order valence-electron chi connectivity index (χ2n) is 7.23. The molecule has 2 N–H and O–H groups in total. The largest absolute Gasteiger partial charge is 0.463 e. The summed E-state index contributed by atoms with van der Waals surface area (Å²) in [5.41, 5.74) is 1.47. The molecule has 0 radical (unpaired) electrons. The maximum absolute atomic E-state index is 12.8. The molecule has 0 aliphatic heterocycles. The number of carbonyl (C=O) groups excluding carboxylic acids is 1. The van der Waals surface area contributed by atoms with Gasteiger partial charge >= 0.3 is 0 Å². The quantitative estimate of drug-likeness (QED) is 0.721. The van der Waals surface area contributed by atoms with Gasteiger partial charge in [0.1, 0.15) is 11.5 Å². The Morgan fingerprint density at radius 1 is 1.29 bits per heavy atom. The molecule has 1 aliphatic carbocycles. The van der Waals surface area contributed by atoms with Crippen LogP contribution < -0.4 is 10.9 Å². The minimum Gasteiger partial charge on any atom is -0.463 e. The molecule has 1 fully saturated rings. The van der Waals surface area contributed by atoms with E-state index in [1.54, 1.807) is 38.3 Å². The normalized spacial score (nSPS) is 14.9. The van der Waals surface area contributed by atoms with Gasteiger partial charge in [0.25, 0.3) is 5.56 Å². The highest BCUT2D eigenvalue weighted by atomic mass is 16.3. The van der Waals surface area contributed by atoms with Crippen LogP contribution in [-0.2, 0) is 4.79 Å². The molecule has 0 saturated heterocycles. The van der Waals surface area contributed by atoms with Gasteiger partial charge in [-0.05, 0) is 38.8 Å². The second-order valence-corrected chi connectivity index (χ2v) is 7.23. The fourth-order valence-electron chi connectivity index (χ4n) is 3.50. The molecule has 0 aromatic carbocycles. The van der Waals surface area contributed by atoms with E-state index in [9.17, 15) is 9.59 Å². The Bertz CT molecular complexity index is 1040.